The Kier molecular flexibility index (Phi) is 7.22. The highest BCUT2D eigenvalue weighted by Gasteiger charge is 2.20. The fourth-order valence-electron chi connectivity index (χ4n) is 3.67. The molecule has 1 aromatic heterocycles. The number of anilines is 1. The molecule has 1 fully saturated rings. The molecule has 0 saturated carbocycles. The van der Waals surface area contributed by atoms with Gasteiger partial charge in [-0.2, -0.15) is 0 Å². The Hall–Kier alpha value is -3.01. The van der Waals surface area contributed by atoms with E-state index in [0.29, 0.717) is 37.2 Å². The number of carbonyl (C=O) groups is 2. The van der Waals surface area contributed by atoms with Crippen molar-refractivity contribution in [1.82, 2.24) is 9.62 Å². The van der Waals surface area contributed by atoms with Crippen LogP contribution >= 0.6 is 11.3 Å². The summed E-state index contributed by atoms with van der Waals surface area (Å²) in [5, 5.41) is 4.79. The minimum absolute atomic E-state index is 0.113. The van der Waals surface area contributed by atoms with Crippen LogP contribution in [0.15, 0.2) is 70.9 Å². The second-order valence-electron chi connectivity index (χ2n) is 7.82. The summed E-state index contributed by atoms with van der Waals surface area (Å²) < 4.78 is 27.6. The molecule has 0 unspecified atom stereocenters. The molecule has 9 heteroatoms. The van der Waals surface area contributed by atoms with Crippen LogP contribution in [-0.2, 0) is 27.8 Å². The Morgan fingerprint density at radius 2 is 1.88 bits per heavy atom. The van der Waals surface area contributed by atoms with Crippen LogP contribution in [0.4, 0.5) is 5.69 Å². The zero-order chi connectivity index (χ0) is 23.3. The number of likely N-dealkylation sites (tertiary alicyclic amines) is 1. The van der Waals surface area contributed by atoms with E-state index in [2.05, 4.69) is 10.0 Å². The molecule has 1 saturated heterocycles. The Morgan fingerprint density at radius 1 is 1.06 bits per heavy atom. The number of sulfonamides is 1. The lowest BCUT2D eigenvalue weighted by Gasteiger charge is -2.16. The van der Waals surface area contributed by atoms with Crippen molar-refractivity contribution in [2.24, 2.45) is 0 Å². The maximum Gasteiger partial charge on any atom is 0.255 e. The lowest BCUT2D eigenvalue weighted by molar-refractivity contribution is -0.128. The van der Waals surface area contributed by atoms with E-state index < -0.39 is 10.0 Å². The lowest BCUT2D eigenvalue weighted by atomic mass is 10.1. The van der Waals surface area contributed by atoms with Gasteiger partial charge in [0.15, 0.2) is 0 Å². The molecule has 1 aliphatic heterocycles. The largest absolute Gasteiger partial charge is 0.338 e. The monoisotopic (exact) mass is 483 g/mol. The Labute approximate surface area is 197 Å². The first-order chi connectivity index (χ1) is 15.9. The third kappa shape index (κ3) is 6.07. The SMILES string of the molecule is O=C(Nc1cccc(CN2CCCC2=O)c1)c1ccc(S(=O)(=O)NCCc2cccs2)cc1. The molecule has 33 heavy (non-hydrogen) atoms. The maximum absolute atomic E-state index is 12.6. The topological polar surface area (TPSA) is 95.6 Å². The van der Waals surface area contributed by atoms with Crippen LogP contribution in [0.1, 0.15) is 33.6 Å². The molecule has 0 atom stereocenters. The smallest absolute Gasteiger partial charge is 0.255 e. The van der Waals surface area contributed by atoms with E-state index in [9.17, 15) is 18.0 Å². The number of benzene rings is 2. The fourth-order valence-corrected chi connectivity index (χ4v) is 5.42. The first-order valence-corrected chi connectivity index (χ1v) is 13.1. The molecule has 1 aliphatic rings. The summed E-state index contributed by atoms with van der Waals surface area (Å²) in [7, 11) is -3.65. The molecule has 3 aromatic rings. The molecule has 4 rings (SSSR count). The van der Waals surface area contributed by atoms with Gasteiger partial charge in [0.25, 0.3) is 5.91 Å². The van der Waals surface area contributed by atoms with E-state index in [0.717, 1.165) is 23.4 Å². The molecule has 0 spiro atoms. The highest BCUT2D eigenvalue weighted by Crippen LogP contribution is 2.18. The number of rotatable bonds is 9. The van der Waals surface area contributed by atoms with Gasteiger partial charge in [-0.25, -0.2) is 13.1 Å². The molecule has 0 aliphatic carbocycles. The van der Waals surface area contributed by atoms with Gasteiger partial charge in [-0.15, -0.1) is 11.3 Å². The zero-order valence-corrected chi connectivity index (χ0v) is 19.6. The van der Waals surface area contributed by atoms with Crippen molar-refractivity contribution in [3.8, 4) is 0 Å². The first-order valence-electron chi connectivity index (χ1n) is 10.7. The number of amides is 2. The van der Waals surface area contributed by atoms with Crippen LogP contribution < -0.4 is 10.0 Å². The van der Waals surface area contributed by atoms with Gasteiger partial charge in [0.05, 0.1) is 4.90 Å². The van der Waals surface area contributed by atoms with Crippen molar-refractivity contribution in [3.05, 3.63) is 82.0 Å². The number of hydrogen-bond donors (Lipinski definition) is 2. The minimum Gasteiger partial charge on any atom is -0.338 e. The van der Waals surface area contributed by atoms with Gasteiger partial charge in [0.2, 0.25) is 15.9 Å². The van der Waals surface area contributed by atoms with Crippen LogP contribution in [0.2, 0.25) is 0 Å². The van der Waals surface area contributed by atoms with Gasteiger partial charge >= 0.3 is 0 Å². The molecule has 2 heterocycles. The summed E-state index contributed by atoms with van der Waals surface area (Å²) >= 11 is 1.59. The Bertz CT molecular complexity index is 1220. The lowest BCUT2D eigenvalue weighted by Crippen LogP contribution is -2.26. The van der Waals surface area contributed by atoms with Crippen molar-refractivity contribution >= 4 is 38.9 Å². The van der Waals surface area contributed by atoms with Gasteiger partial charge in [-0.3, -0.25) is 9.59 Å². The molecular formula is C24H25N3O4S2. The summed E-state index contributed by atoms with van der Waals surface area (Å²) in [4.78, 5) is 27.5. The van der Waals surface area contributed by atoms with Gasteiger partial charge < -0.3 is 10.2 Å². The zero-order valence-electron chi connectivity index (χ0n) is 18.0. The van der Waals surface area contributed by atoms with E-state index in [1.165, 1.54) is 24.3 Å². The Balaban J connectivity index is 1.35. The molecule has 172 valence electrons. The van der Waals surface area contributed by atoms with E-state index in [-0.39, 0.29) is 16.7 Å². The number of hydrogen-bond acceptors (Lipinski definition) is 5. The number of nitrogens with zero attached hydrogens (tertiary/aromatic N) is 1. The van der Waals surface area contributed by atoms with Crippen molar-refractivity contribution in [3.63, 3.8) is 0 Å². The quantitative estimate of drug-likeness (QED) is 0.486. The summed E-state index contributed by atoms with van der Waals surface area (Å²) in [5.74, 6) is -0.181. The van der Waals surface area contributed by atoms with Gasteiger partial charge in [-0.05, 0) is 66.2 Å². The average Bonchev–Trinajstić information content (AvgIpc) is 3.46. The normalized spacial score (nSPS) is 13.9. The Morgan fingerprint density at radius 3 is 2.58 bits per heavy atom. The second-order valence-corrected chi connectivity index (χ2v) is 10.6. The average molecular weight is 484 g/mol. The molecule has 0 bridgehead atoms. The summed E-state index contributed by atoms with van der Waals surface area (Å²) in [6.45, 7) is 1.59. The van der Waals surface area contributed by atoms with E-state index >= 15 is 0 Å². The molecule has 7 nitrogen and oxygen atoms in total. The van der Waals surface area contributed by atoms with Crippen molar-refractivity contribution in [1.29, 1.82) is 0 Å². The highest BCUT2D eigenvalue weighted by molar-refractivity contribution is 7.89. The molecule has 2 amide bonds. The van der Waals surface area contributed by atoms with E-state index in [4.69, 9.17) is 0 Å². The summed E-state index contributed by atoms with van der Waals surface area (Å²) in [5.41, 5.74) is 1.92. The van der Waals surface area contributed by atoms with Crippen LogP contribution in [-0.4, -0.2) is 38.2 Å². The fraction of sp³-hybridized carbons (Fsp3) is 0.250. The number of nitrogens with one attached hydrogen (secondary N) is 2. The first kappa shape index (κ1) is 23.2. The maximum atomic E-state index is 12.6. The van der Waals surface area contributed by atoms with Crippen molar-refractivity contribution in [2.45, 2.75) is 30.7 Å². The molecule has 0 radical (unpaired) electrons. The van der Waals surface area contributed by atoms with Crippen LogP contribution in [0, 0.1) is 0 Å². The van der Waals surface area contributed by atoms with Crippen molar-refractivity contribution < 1.29 is 18.0 Å². The van der Waals surface area contributed by atoms with Gasteiger partial charge in [0, 0.05) is 42.2 Å². The number of thiophene rings is 1. The standard InChI is InChI=1S/C24H25N3O4S2/c28-23-7-2-14-27(23)17-18-4-1-5-20(16-18)26-24(29)19-8-10-22(11-9-19)33(30,31)25-13-12-21-6-3-15-32-21/h1,3-6,8-11,15-16,25H,2,7,12-14,17H2,(H,26,29). The summed E-state index contributed by atoms with van der Waals surface area (Å²) in [6.07, 6.45) is 2.10. The van der Waals surface area contributed by atoms with Crippen LogP contribution in [0.25, 0.3) is 0 Å². The highest BCUT2D eigenvalue weighted by atomic mass is 32.2. The summed E-state index contributed by atoms with van der Waals surface area (Å²) in [6, 6.07) is 17.1. The molecular weight excluding hydrogens is 458 g/mol. The van der Waals surface area contributed by atoms with Gasteiger partial charge in [0.1, 0.15) is 0 Å². The van der Waals surface area contributed by atoms with E-state index in [1.54, 1.807) is 17.4 Å². The third-order valence-corrected chi connectivity index (χ3v) is 7.81. The molecule has 2 aromatic carbocycles. The molecule has 2 N–H and O–H groups in total. The van der Waals surface area contributed by atoms with Gasteiger partial charge in [-0.1, -0.05) is 18.2 Å². The predicted molar refractivity (Wildman–Crippen MR) is 129 cm³/mol. The van der Waals surface area contributed by atoms with Crippen molar-refractivity contribution in [2.75, 3.05) is 18.4 Å². The second kappa shape index (κ2) is 10.3. The van der Waals surface area contributed by atoms with E-state index in [1.807, 2.05) is 40.6 Å². The minimum atomic E-state index is -3.65. The third-order valence-electron chi connectivity index (χ3n) is 5.40. The van der Waals surface area contributed by atoms with Crippen LogP contribution in [0.3, 0.4) is 0 Å². The van der Waals surface area contributed by atoms with Crippen LogP contribution in [0.5, 0.6) is 0 Å². The predicted octanol–water partition coefficient (Wildman–Crippen LogP) is 3.64. The number of carbonyl (C=O) groups excluding carboxylic acids is 2.